The molecule has 1 fully saturated rings. The highest BCUT2D eigenvalue weighted by molar-refractivity contribution is 7.92. The van der Waals surface area contributed by atoms with Crippen molar-refractivity contribution < 1.29 is 12.8 Å². The summed E-state index contributed by atoms with van der Waals surface area (Å²) in [6, 6.07) is 3.95. The van der Waals surface area contributed by atoms with Crippen LogP contribution in [0.2, 0.25) is 0 Å². The van der Waals surface area contributed by atoms with Crippen molar-refractivity contribution >= 4 is 15.7 Å². The third-order valence-electron chi connectivity index (χ3n) is 2.72. The van der Waals surface area contributed by atoms with Gasteiger partial charge in [-0.1, -0.05) is 11.8 Å². The molecule has 0 radical (unpaired) electrons. The van der Waals surface area contributed by atoms with Gasteiger partial charge < -0.3 is 5.73 Å². The molecular weight excluding hydrogens is 267 g/mol. The van der Waals surface area contributed by atoms with E-state index in [1.165, 1.54) is 18.2 Å². The second-order valence-corrected chi connectivity index (χ2v) is 6.29. The van der Waals surface area contributed by atoms with E-state index >= 15 is 0 Å². The number of nitrogens with two attached hydrogens (primary N) is 1. The maximum Gasteiger partial charge on any atom is 0.232 e. The third-order valence-corrected chi connectivity index (χ3v) is 4.17. The van der Waals surface area contributed by atoms with Crippen molar-refractivity contribution in [3.05, 3.63) is 29.6 Å². The first-order chi connectivity index (χ1) is 9.00. The molecule has 0 amide bonds. The minimum absolute atomic E-state index is 0.119. The van der Waals surface area contributed by atoms with E-state index in [-0.39, 0.29) is 23.8 Å². The number of sulfonamides is 1. The fourth-order valence-corrected chi connectivity index (χ4v) is 3.17. The van der Waals surface area contributed by atoms with Crippen LogP contribution in [0.1, 0.15) is 18.4 Å². The van der Waals surface area contributed by atoms with E-state index in [0.29, 0.717) is 5.69 Å². The lowest BCUT2D eigenvalue weighted by Crippen LogP contribution is -2.17. The molecular formula is C13H15FN2O2S. The first kappa shape index (κ1) is 13.8. The molecule has 1 aromatic rings. The topological polar surface area (TPSA) is 72.2 Å². The lowest BCUT2D eigenvalue weighted by Gasteiger charge is -2.08. The van der Waals surface area contributed by atoms with E-state index in [4.69, 9.17) is 5.73 Å². The van der Waals surface area contributed by atoms with Gasteiger partial charge in [-0.2, -0.15) is 0 Å². The van der Waals surface area contributed by atoms with Crippen LogP contribution in [0.15, 0.2) is 18.2 Å². The summed E-state index contributed by atoms with van der Waals surface area (Å²) in [6.45, 7) is 0.122. The summed E-state index contributed by atoms with van der Waals surface area (Å²) in [5, 5.41) is 0. The highest BCUT2D eigenvalue weighted by Crippen LogP contribution is 2.30. The van der Waals surface area contributed by atoms with Crippen molar-refractivity contribution in [2.75, 3.05) is 17.0 Å². The minimum Gasteiger partial charge on any atom is -0.320 e. The van der Waals surface area contributed by atoms with Crippen LogP contribution in [0.5, 0.6) is 0 Å². The molecule has 1 aliphatic rings. The van der Waals surface area contributed by atoms with Crippen molar-refractivity contribution in [2.24, 2.45) is 11.7 Å². The van der Waals surface area contributed by atoms with E-state index in [1.54, 1.807) is 0 Å². The smallest absolute Gasteiger partial charge is 0.232 e. The average molecular weight is 282 g/mol. The Morgan fingerprint density at radius 1 is 1.42 bits per heavy atom. The first-order valence-electron chi connectivity index (χ1n) is 5.99. The molecule has 0 spiro atoms. The van der Waals surface area contributed by atoms with E-state index in [1.807, 2.05) is 0 Å². The van der Waals surface area contributed by atoms with Gasteiger partial charge in [0.2, 0.25) is 10.0 Å². The summed E-state index contributed by atoms with van der Waals surface area (Å²) >= 11 is 0. The Bertz CT molecular complexity index is 628. The molecule has 1 aromatic carbocycles. The fraction of sp³-hybridized carbons (Fsp3) is 0.385. The summed E-state index contributed by atoms with van der Waals surface area (Å²) in [6.07, 6.45) is 1.91. The molecule has 102 valence electrons. The summed E-state index contributed by atoms with van der Waals surface area (Å²) in [5.41, 5.74) is 5.68. The van der Waals surface area contributed by atoms with Crippen molar-refractivity contribution in [2.45, 2.75) is 12.8 Å². The second-order valence-electron chi connectivity index (χ2n) is 4.53. The Kier molecular flexibility index (Phi) is 4.08. The van der Waals surface area contributed by atoms with Crippen LogP contribution in [0.4, 0.5) is 10.1 Å². The molecule has 0 aromatic heterocycles. The van der Waals surface area contributed by atoms with Crippen molar-refractivity contribution in [3.8, 4) is 11.8 Å². The Morgan fingerprint density at radius 2 is 2.16 bits per heavy atom. The van der Waals surface area contributed by atoms with Gasteiger partial charge in [0.1, 0.15) is 5.82 Å². The predicted molar refractivity (Wildman–Crippen MR) is 72.5 cm³/mol. The first-order valence-corrected chi connectivity index (χ1v) is 7.64. The quantitative estimate of drug-likeness (QED) is 0.817. The summed E-state index contributed by atoms with van der Waals surface area (Å²) < 4.78 is 39.5. The van der Waals surface area contributed by atoms with Gasteiger partial charge >= 0.3 is 0 Å². The molecule has 0 heterocycles. The largest absolute Gasteiger partial charge is 0.320 e. The van der Waals surface area contributed by atoms with Crippen molar-refractivity contribution in [3.63, 3.8) is 0 Å². The van der Waals surface area contributed by atoms with Crippen LogP contribution >= 0.6 is 0 Å². The standard InChI is InChI=1S/C13H15FN2O2S/c14-13-6-5-12(8-11(13)2-1-7-15)16-19(17,18)9-10-3-4-10/h5-6,8,10,16H,3-4,7,9,15H2. The zero-order valence-electron chi connectivity index (χ0n) is 10.3. The molecule has 0 atom stereocenters. The number of hydrogen-bond acceptors (Lipinski definition) is 3. The number of halogens is 1. The summed E-state index contributed by atoms with van der Waals surface area (Å²) in [5.74, 6) is 4.99. The Labute approximate surface area is 112 Å². The minimum atomic E-state index is -3.37. The number of rotatable bonds is 4. The summed E-state index contributed by atoms with van der Waals surface area (Å²) in [4.78, 5) is 0. The van der Waals surface area contributed by atoms with Crippen molar-refractivity contribution in [1.29, 1.82) is 0 Å². The van der Waals surface area contributed by atoms with Gasteiger partial charge in [0.05, 0.1) is 17.9 Å². The zero-order valence-corrected chi connectivity index (χ0v) is 11.1. The molecule has 2 rings (SSSR count). The summed E-state index contributed by atoms with van der Waals surface area (Å²) in [7, 11) is -3.37. The third kappa shape index (κ3) is 4.23. The molecule has 6 heteroatoms. The zero-order chi connectivity index (χ0) is 13.9. The van der Waals surface area contributed by atoms with Gasteiger partial charge in [0.25, 0.3) is 0 Å². The molecule has 0 unspecified atom stereocenters. The van der Waals surface area contributed by atoms with E-state index in [9.17, 15) is 12.8 Å². The molecule has 0 aliphatic heterocycles. The van der Waals surface area contributed by atoms with Gasteiger partial charge in [-0.3, -0.25) is 4.72 Å². The molecule has 0 saturated heterocycles. The maximum absolute atomic E-state index is 13.4. The molecule has 19 heavy (non-hydrogen) atoms. The SMILES string of the molecule is NCC#Cc1cc(NS(=O)(=O)CC2CC2)ccc1F. The van der Waals surface area contributed by atoms with Crippen LogP contribution in [0, 0.1) is 23.6 Å². The average Bonchev–Trinajstić information content (AvgIpc) is 3.12. The lowest BCUT2D eigenvalue weighted by molar-refractivity contribution is 0.597. The second kappa shape index (κ2) is 5.59. The van der Waals surface area contributed by atoms with Gasteiger partial charge in [-0.05, 0) is 37.0 Å². The molecule has 1 aliphatic carbocycles. The normalized spacial score (nSPS) is 14.6. The van der Waals surface area contributed by atoms with Crippen LogP contribution < -0.4 is 10.5 Å². The highest BCUT2D eigenvalue weighted by Gasteiger charge is 2.28. The van der Waals surface area contributed by atoms with E-state index < -0.39 is 15.8 Å². The van der Waals surface area contributed by atoms with Gasteiger partial charge in [0, 0.05) is 5.69 Å². The van der Waals surface area contributed by atoms with E-state index in [0.717, 1.165) is 12.8 Å². The molecule has 1 saturated carbocycles. The van der Waals surface area contributed by atoms with Gasteiger partial charge in [0.15, 0.2) is 0 Å². The number of nitrogens with one attached hydrogen (secondary N) is 1. The number of anilines is 1. The molecule has 0 bridgehead atoms. The van der Waals surface area contributed by atoms with Crippen molar-refractivity contribution in [1.82, 2.24) is 0 Å². The highest BCUT2D eigenvalue weighted by atomic mass is 32.2. The number of hydrogen-bond donors (Lipinski definition) is 2. The van der Waals surface area contributed by atoms with Gasteiger partial charge in [-0.15, -0.1) is 0 Å². The molecule has 4 nitrogen and oxygen atoms in total. The Morgan fingerprint density at radius 3 is 2.79 bits per heavy atom. The van der Waals surface area contributed by atoms with Gasteiger partial charge in [-0.25, -0.2) is 12.8 Å². The maximum atomic E-state index is 13.4. The fourth-order valence-electron chi connectivity index (χ4n) is 1.65. The van der Waals surface area contributed by atoms with Crippen LogP contribution in [-0.2, 0) is 10.0 Å². The van der Waals surface area contributed by atoms with Crippen LogP contribution in [-0.4, -0.2) is 20.7 Å². The predicted octanol–water partition coefficient (Wildman–Crippen LogP) is 1.29. The number of benzene rings is 1. The monoisotopic (exact) mass is 282 g/mol. The molecule has 3 N–H and O–H groups in total. The Balaban J connectivity index is 2.16. The van der Waals surface area contributed by atoms with Crippen LogP contribution in [0.3, 0.4) is 0 Å². The van der Waals surface area contributed by atoms with Crippen LogP contribution in [0.25, 0.3) is 0 Å². The Hall–Kier alpha value is -1.58. The van der Waals surface area contributed by atoms with E-state index in [2.05, 4.69) is 16.6 Å². The lowest BCUT2D eigenvalue weighted by atomic mass is 10.2.